The van der Waals surface area contributed by atoms with Gasteiger partial charge in [0.25, 0.3) is 0 Å². The SMILES string of the molecule is Cc1ccc(NC(=O)C2CCCN(c3ccc4cc(S(=O)(=O)N5CCOCC5)ccc4n3)C2)c(C)c1. The summed E-state index contributed by atoms with van der Waals surface area (Å²) in [6.45, 7) is 7.03. The van der Waals surface area contributed by atoms with Crippen LogP contribution in [0.1, 0.15) is 24.0 Å². The van der Waals surface area contributed by atoms with Crippen molar-refractivity contribution in [1.82, 2.24) is 9.29 Å². The highest BCUT2D eigenvalue weighted by Gasteiger charge is 2.28. The Morgan fingerprint density at radius 2 is 1.83 bits per heavy atom. The van der Waals surface area contributed by atoms with Crippen molar-refractivity contribution in [3.05, 3.63) is 59.7 Å². The zero-order chi connectivity index (χ0) is 25.3. The van der Waals surface area contributed by atoms with E-state index in [4.69, 9.17) is 9.72 Å². The first-order valence-corrected chi connectivity index (χ1v) is 13.9. The predicted molar refractivity (Wildman–Crippen MR) is 141 cm³/mol. The molecule has 2 saturated heterocycles. The lowest BCUT2D eigenvalue weighted by Crippen LogP contribution is -2.41. The molecule has 1 N–H and O–H groups in total. The molecule has 1 atom stereocenters. The number of nitrogens with zero attached hydrogens (tertiary/aromatic N) is 3. The van der Waals surface area contributed by atoms with Crippen LogP contribution in [0.25, 0.3) is 10.9 Å². The predicted octanol–water partition coefficient (Wildman–Crippen LogP) is 3.73. The summed E-state index contributed by atoms with van der Waals surface area (Å²) >= 11 is 0. The van der Waals surface area contributed by atoms with Gasteiger partial charge in [-0.3, -0.25) is 4.79 Å². The number of aryl methyl sites for hydroxylation is 2. The summed E-state index contributed by atoms with van der Waals surface area (Å²) in [4.78, 5) is 20.2. The number of anilines is 2. The normalized spacial score (nSPS) is 19.4. The van der Waals surface area contributed by atoms with Crippen LogP contribution in [0.2, 0.25) is 0 Å². The van der Waals surface area contributed by atoms with Gasteiger partial charge in [-0.25, -0.2) is 13.4 Å². The molecule has 0 saturated carbocycles. The van der Waals surface area contributed by atoms with E-state index in [9.17, 15) is 13.2 Å². The minimum absolute atomic E-state index is 0.0328. The fourth-order valence-electron chi connectivity index (χ4n) is 4.95. The molecule has 2 aliphatic heterocycles. The number of aromatic nitrogens is 1. The number of pyridine rings is 1. The molecule has 1 amide bonds. The largest absolute Gasteiger partial charge is 0.379 e. The second kappa shape index (κ2) is 10.2. The summed E-state index contributed by atoms with van der Waals surface area (Å²) in [5, 5.41) is 3.87. The smallest absolute Gasteiger partial charge is 0.243 e. The van der Waals surface area contributed by atoms with Crippen molar-refractivity contribution in [2.45, 2.75) is 31.6 Å². The molecule has 3 aromatic rings. The van der Waals surface area contributed by atoms with E-state index < -0.39 is 10.0 Å². The van der Waals surface area contributed by atoms with Gasteiger partial charge in [-0.1, -0.05) is 17.7 Å². The highest BCUT2D eigenvalue weighted by atomic mass is 32.2. The van der Waals surface area contributed by atoms with Gasteiger partial charge < -0.3 is 15.0 Å². The van der Waals surface area contributed by atoms with Gasteiger partial charge in [0.05, 0.1) is 29.5 Å². The summed E-state index contributed by atoms with van der Waals surface area (Å²) in [6, 6.07) is 14.9. The van der Waals surface area contributed by atoms with Crippen LogP contribution >= 0.6 is 0 Å². The van der Waals surface area contributed by atoms with E-state index in [1.54, 1.807) is 18.2 Å². The highest BCUT2D eigenvalue weighted by molar-refractivity contribution is 7.89. The first kappa shape index (κ1) is 24.7. The number of benzene rings is 2. The van der Waals surface area contributed by atoms with E-state index in [2.05, 4.69) is 16.3 Å². The van der Waals surface area contributed by atoms with Crippen LogP contribution < -0.4 is 10.2 Å². The van der Waals surface area contributed by atoms with Gasteiger partial charge >= 0.3 is 0 Å². The standard InChI is InChI=1S/C27H32N4O4S/c1-19-5-8-24(20(2)16-19)29-27(32)22-4-3-11-30(18-22)26-10-6-21-17-23(7-9-25(21)28-26)36(33,34)31-12-14-35-15-13-31/h5-10,16-17,22H,3-4,11-15,18H2,1-2H3,(H,29,32). The van der Waals surface area contributed by atoms with Crippen LogP contribution in [-0.2, 0) is 19.6 Å². The Morgan fingerprint density at radius 1 is 1.03 bits per heavy atom. The van der Waals surface area contributed by atoms with Gasteiger partial charge in [-0.2, -0.15) is 4.31 Å². The second-order valence-corrected chi connectivity index (χ2v) is 11.6. The van der Waals surface area contributed by atoms with Crippen molar-refractivity contribution < 1.29 is 17.9 Å². The van der Waals surface area contributed by atoms with Crippen molar-refractivity contribution in [2.24, 2.45) is 5.92 Å². The average molecular weight is 509 g/mol. The van der Waals surface area contributed by atoms with Crippen LogP contribution in [0.15, 0.2) is 53.4 Å². The second-order valence-electron chi connectivity index (χ2n) is 9.63. The average Bonchev–Trinajstić information content (AvgIpc) is 2.90. The molecule has 0 aliphatic carbocycles. The molecule has 5 rings (SSSR count). The van der Waals surface area contributed by atoms with Gasteiger partial charge in [-0.05, 0) is 68.7 Å². The van der Waals surface area contributed by atoms with E-state index in [-0.39, 0.29) is 16.7 Å². The van der Waals surface area contributed by atoms with Crippen LogP contribution in [0.4, 0.5) is 11.5 Å². The third-order valence-electron chi connectivity index (χ3n) is 7.01. The Balaban J connectivity index is 1.31. The van der Waals surface area contributed by atoms with Gasteiger partial charge in [0.2, 0.25) is 15.9 Å². The number of rotatable bonds is 5. The Bertz CT molecular complexity index is 1390. The lowest BCUT2D eigenvalue weighted by Gasteiger charge is -2.33. The fourth-order valence-corrected chi connectivity index (χ4v) is 6.40. The Kier molecular flexibility index (Phi) is 6.96. The van der Waals surface area contributed by atoms with Crippen molar-refractivity contribution in [3.8, 4) is 0 Å². The number of amides is 1. The molecule has 2 aliphatic rings. The van der Waals surface area contributed by atoms with E-state index in [1.165, 1.54) is 9.87 Å². The van der Waals surface area contributed by atoms with Gasteiger partial charge in [0, 0.05) is 37.3 Å². The Labute approximate surface area is 212 Å². The number of sulfonamides is 1. The number of hydrogen-bond acceptors (Lipinski definition) is 6. The quantitative estimate of drug-likeness (QED) is 0.565. The van der Waals surface area contributed by atoms with Gasteiger partial charge in [0.15, 0.2) is 0 Å². The van der Waals surface area contributed by atoms with Crippen LogP contribution in [0.5, 0.6) is 0 Å². The summed E-state index contributed by atoms with van der Waals surface area (Å²) < 4.78 is 32.8. The monoisotopic (exact) mass is 508 g/mol. The molecular formula is C27H32N4O4S. The van der Waals surface area contributed by atoms with Crippen LogP contribution in [0.3, 0.4) is 0 Å². The molecule has 2 aromatic carbocycles. The van der Waals surface area contributed by atoms with Crippen molar-refractivity contribution in [2.75, 3.05) is 49.6 Å². The minimum Gasteiger partial charge on any atom is -0.379 e. The molecule has 0 spiro atoms. The van der Waals surface area contributed by atoms with Crippen LogP contribution in [0, 0.1) is 19.8 Å². The summed E-state index contributed by atoms with van der Waals surface area (Å²) in [5.41, 5.74) is 3.81. The van der Waals surface area contributed by atoms with E-state index in [0.717, 1.165) is 47.4 Å². The lowest BCUT2D eigenvalue weighted by atomic mass is 9.96. The number of fused-ring (bicyclic) bond motifs is 1. The minimum atomic E-state index is -3.56. The number of carbonyl (C=O) groups is 1. The number of morpholine rings is 1. The zero-order valence-electron chi connectivity index (χ0n) is 20.7. The molecule has 9 heteroatoms. The van der Waals surface area contributed by atoms with Crippen molar-refractivity contribution >= 4 is 38.3 Å². The first-order chi connectivity index (χ1) is 17.3. The van der Waals surface area contributed by atoms with Crippen LogP contribution in [-0.4, -0.2) is 63.0 Å². The maximum atomic E-state index is 13.0. The molecule has 36 heavy (non-hydrogen) atoms. The summed E-state index contributed by atoms with van der Waals surface area (Å²) in [5.74, 6) is 0.707. The molecule has 1 unspecified atom stereocenters. The lowest BCUT2D eigenvalue weighted by molar-refractivity contribution is -0.120. The number of hydrogen-bond donors (Lipinski definition) is 1. The van der Waals surface area contributed by atoms with E-state index in [1.807, 2.05) is 38.1 Å². The molecular weight excluding hydrogens is 476 g/mol. The molecule has 3 heterocycles. The fraction of sp³-hybridized carbons (Fsp3) is 0.407. The highest BCUT2D eigenvalue weighted by Crippen LogP contribution is 2.27. The van der Waals surface area contributed by atoms with Crippen molar-refractivity contribution in [3.63, 3.8) is 0 Å². The zero-order valence-corrected chi connectivity index (χ0v) is 21.6. The Morgan fingerprint density at radius 3 is 2.61 bits per heavy atom. The maximum absolute atomic E-state index is 13.0. The third-order valence-corrected chi connectivity index (χ3v) is 8.90. The number of piperidine rings is 1. The molecule has 0 radical (unpaired) electrons. The number of carbonyl (C=O) groups excluding carboxylic acids is 1. The van der Waals surface area contributed by atoms with Gasteiger partial charge in [0.1, 0.15) is 5.82 Å². The van der Waals surface area contributed by atoms with E-state index >= 15 is 0 Å². The molecule has 0 bridgehead atoms. The van der Waals surface area contributed by atoms with Crippen molar-refractivity contribution in [1.29, 1.82) is 0 Å². The summed E-state index contributed by atoms with van der Waals surface area (Å²) in [6.07, 6.45) is 1.74. The molecule has 1 aromatic heterocycles. The molecule has 190 valence electrons. The van der Waals surface area contributed by atoms with Gasteiger partial charge in [-0.15, -0.1) is 0 Å². The number of nitrogens with one attached hydrogen (secondary N) is 1. The Hall–Kier alpha value is -3.01. The van der Waals surface area contributed by atoms with E-state index in [0.29, 0.717) is 32.8 Å². The first-order valence-electron chi connectivity index (χ1n) is 12.4. The third kappa shape index (κ3) is 5.09. The maximum Gasteiger partial charge on any atom is 0.243 e. The topological polar surface area (TPSA) is 91.8 Å². The molecule has 8 nitrogen and oxygen atoms in total. The summed E-state index contributed by atoms with van der Waals surface area (Å²) in [7, 11) is -3.56. The number of ether oxygens (including phenoxy) is 1. The molecule has 2 fully saturated rings.